The first kappa shape index (κ1) is 19.2. The molecule has 0 aromatic carbocycles. The molecule has 1 aliphatic heterocycles. The molecule has 1 N–H and O–H groups in total. The van der Waals surface area contributed by atoms with Crippen molar-refractivity contribution in [1.82, 2.24) is 14.9 Å². The molecule has 27 heavy (non-hydrogen) atoms. The third kappa shape index (κ3) is 3.91. The second-order valence-corrected chi connectivity index (χ2v) is 7.13. The Morgan fingerprint density at radius 3 is 3.11 bits per heavy atom. The first-order chi connectivity index (χ1) is 13.1. The number of aromatic nitrogens is 2. The van der Waals surface area contributed by atoms with Gasteiger partial charge in [-0.25, -0.2) is 9.78 Å². The van der Waals surface area contributed by atoms with Crippen LogP contribution in [0.4, 0.5) is 5.69 Å². The van der Waals surface area contributed by atoms with Gasteiger partial charge in [-0.15, -0.1) is 0 Å². The average molecular weight is 369 g/mol. The summed E-state index contributed by atoms with van der Waals surface area (Å²) in [7, 11) is 2.04. The number of carbonyl (C=O) groups is 1. The molecule has 2 atom stereocenters. The van der Waals surface area contributed by atoms with Gasteiger partial charge in [-0.3, -0.25) is 0 Å². The molecule has 3 heterocycles. The number of ether oxygens (including phenoxy) is 1. The lowest BCUT2D eigenvalue weighted by molar-refractivity contribution is 0.0526. The van der Waals surface area contributed by atoms with E-state index in [2.05, 4.69) is 32.8 Å². The summed E-state index contributed by atoms with van der Waals surface area (Å²) in [4.78, 5) is 24.6. The van der Waals surface area contributed by atoms with E-state index in [-0.39, 0.29) is 12.0 Å². The number of hydrogen-bond acceptors (Lipinski definition) is 6. The van der Waals surface area contributed by atoms with Crippen LogP contribution in [0.25, 0.3) is 11.0 Å². The van der Waals surface area contributed by atoms with Crippen LogP contribution in [-0.4, -0.2) is 60.2 Å². The molecule has 0 radical (unpaired) electrons. The molecule has 1 fully saturated rings. The van der Waals surface area contributed by atoms with E-state index in [9.17, 15) is 4.79 Å². The zero-order chi connectivity index (χ0) is 19.4. The van der Waals surface area contributed by atoms with Gasteiger partial charge in [0.1, 0.15) is 11.2 Å². The van der Waals surface area contributed by atoms with E-state index in [1.165, 1.54) is 0 Å². The number of fused-ring (bicyclic) bond motifs is 1. The van der Waals surface area contributed by atoms with E-state index in [1.54, 1.807) is 13.1 Å². The Morgan fingerprint density at radius 2 is 2.37 bits per heavy atom. The zero-order valence-electron chi connectivity index (χ0n) is 16.2. The van der Waals surface area contributed by atoms with Gasteiger partial charge in [0.25, 0.3) is 0 Å². The number of hydrogen-bond donors (Lipinski definition) is 1. The number of pyridine rings is 1. The number of anilines is 1. The number of rotatable bonds is 6. The quantitative estimate of drug-likeness (QED) is 0.788. The molecular weight excluding hydrogens is 342 g/mol. The zero-order valence-corrected chi connectivity index (χ0v) is 16.2. The summed E-state index contributed by atoms with van der Waals surface area (Å²) < 4.78 is 5.27. The molecule has 0 spiro atoms. The Bertz CT molecular complexity index is 840. The van der Waals surface area contributed by atoms with Crippen molar-refractivity contribution in [3.05, 3.63) is 24.0 Å². The molecule has 1 aliphatic rings. The van der Waals surface area contributed by atoms with Crippen molar-refractivity contribution in [2.24, 2.45) is 5.92 Å². The first-order valence-corrected chi connectivity index (χ1v) is 9.52. The van der Waals surface area contributed by atoms with Crippen LogP contribution in [0.5, 0.6) is 0 Å². The Labute approximate surface area is 159 Å². The summed E-state index contributed by atoms with van der Waals surface area (Å²) in [5.74, 6) is 0.130. The smallest absolute Gasteiger partial charge is 0.341 e. The fourth-order valence-electron chi connectivity index (χ4n) is 3.93. The monoisotopic (exact) mass is 369 g/mol. The van der Waals surface area contributed by atoms with Crippen LogP contribution in [0, 0.1) is 17.2 Å². The third-order valence-electron chi connectivity index (χ3n) is 5.45. The van der Waals surface area contributed by atoms with Crippen molar-refractivity contribution >= 4 is 22.7 Å². The van der Waals surface area contributed by atoms with Gasteiger partial charge in [0, 0.05) is 50.4 Å². The molecule has 2 aromatic heterocycles. The minimum absolute atomic E-state index is 0.242. The standard InChI is InChI=1S/C20H27N5O2/c1-4-27-20(26)16-12-23-19-15(6-9-22-19)18(16)24(3)17-13-25(10-5-8-21)11-7-14(17)2/h6,9,12,14,17H,4-5,7,10-11,13H2,1-3H3,(H,22,23)/t14-,17+/m0/s1. The number of carbonyl (C=O) groups excluding carboxylic acids is 1. The van der Waals surface area contributed by atoms with Gasteiger partial charge in [0.05, 0.1) is 18.4 Å². The lowest BCUT2D eigenvalue weighted by Crippen LogP contribution is -2.51. The molecule has 144 valence electrons. The van der Waals surface area contributed by atoms with Crippen LogP contribution in [0.15, 0.2) is 18.5 Å². The average Bonchev–Trinajstić information content (AvgIpc) is 3.15. The number of piperidine rings is 1. The van der Waals surface area contributed by atoms with E-state index < -0.39 is 0 Å². The lowest BCUT2D eigenvalue weighted by Gasteiger charge is -2.43. The molecule has 0 bridgehead atoms. The third-order valence-corrected chi connectivity index (χ3v) is 5.45. The Hall–Kier alpha value is -2.59. The fraction of sp³-hybridized carbons (Fsp3) is 0.550. The van der Waals surface area contributed by atoms with E-state index in [0.717, 1.165) is 42.8 Å². The van der Waals surface area contributed by atoms with E-state index in [1.807, 2.05) is 19.3 Å². The Balaban J connectivity index is 1.97. The number of aromatic amines is 1. The summed E-state index contributed by atoms with van der Waals surface area (Å²) in [5, 5.41) is 9.82. The molecular formula is C20H27N5O2. The summed E-state index contributed by atoms with van der Waals surface area (Å²) in [6.45, 7) is 7.05. The lowest BCUT2D eigenvalue weighted by atomic mass is 9.91. The molecule has 3 rings (SSSR count). The highest BCUT2D eigenvalue weighted by atomic mass is 16.5. The van der Waals surface area contributed by atoms with E-state index in [4.69, 9.17) is 10.00 Å². The minimum atomic E-state index is -0.347. The number of likely N-dealkylation sites (N-methyl/N-ethyl adjacent to an activating group) is 1. The molecule has 7 nitrogen and oxygen atoms in total. The second kappa shape index (κ2) is 8.40. The maximum Gasteiger partial charge on any atom is 0.341 e. The molecule has 2 aromatic rings. The van der Waals surface area contributed by atoms with Gasteiger partial charge < -0.3 is 19.5 Å². The molecule has 0 amide bonds. The maximum absolute atomic E-state index is 12.6. The number of esters is 1. The molecule has 0 aliphatic carbocycles. The fourth-order valence-corrected chi connectivity index (χ4v) is 3.93. The molecule has 7 heteroatoms. The van der Waals surface area contributed by atoms with Crippen LogP contribution in [0.1, 0.15) is 37.0 Å². The largest absolute Gasteiger partial charge is 0.462 e. The Morgan fingerprint density at radius 1 is 1.56 bits per heavy atom. The van der Waals surface area contributed by atoms with Gasteiger partial charge >= 0.3 is 5.97 Å². The predicted molar refractivity (Wildman–Crippen MR) is 105 cm³/mol. The number of nitrogens with one attached hydrogen (secondary N) is 1. The summed E-state index contributed by atoms with van der Waals surface area (Å²) in [6.07, 6.45) is 5.05. The van der Waals surface area contributed by atoms with Crippen LogP contribution >= 0.6 is 0 Å². The molecule has 0 unspecified atom stereocenters. The molecule has 0 saturated carbocycles. The predicted octanol–water partition coefficient (Wildman–Crippen LogP) is 2.80. The van der Waals surface area contributed by atoms with Crippen molar-refractivity contribution in [1.29, 1.82) is 5.26 Å². The van der Waals surface area contributed by atoms with Crippen LogP contribution in [0.3, 0.4) is 0 Å². The maximum atomic E-state index is 12.6. The van der Waals surface area contributed by atoms with Gasteiger partial charge in [-0.1, -0.05) is 6.92 Å². The number of likely N-dealkylation sites (tertiary alicyclic amines) is 1. The van der Waals surface area contributed by atoms with Gasteiger partial charge in [-0.2, -0.15) is 5.26 Å². The summed E-state index contributed by atoms with van der Waals surface area (Å²) in [5.41, 5.74) is 2.11. The second-order valence-electron chi connectivity index (χ2n) is 7.13. The van der Waals surface area contributed by atoms with Crippen molar-refractivity contribution in [3.63, 3.8) is 0 Å². The number of nitrogens with zero attached hydrogens (tertiary/aromatic N) is 4. The topological polar surface area (TPSA) is 85.2 Å². The normalized spacial score (nSPS) is 20.4. The van der Waals surface area contributed by atoms with E-state index >= 15 is 0 Å². The van der Waals surface area contributed by atoms with E-state index in [0.29, 0.717) is 24.5 Å². The number of nitriles is 1. The number of H-pyrrole nitrogens is 1. The minimum Gasteiger partial charge on any atom is -0.462 e. The van der Waals surface area contributed by atoms with Crippen molar-refractivity contribution in [3.8, 4) is 6.07 Å². The molecule has 1 saturated heterocycles. The highest BCUT2D eigenvalue weighted by molar-refractivity contribution is 6.04. The van der Waals surface area contributed by atoms with Crippen LogP contribution in [0.2, 0.25) is 0 Å². The summed E-state index contributed by atoms with van der Waals surface area (Å²) >= 11 is 0. The van der Waals surface area contributed by atoms with Crippen LogP contribution < -0.4 is 4.90 Å². The Kier molecular flexibility index (Phi) is 5.97. The van der Waals surface area contributed by atoms with Gasteiger partial charge in [0.2, 0.25) is 0 Å². The van der Waals surface area contributed by atoms with Crippen molar-refractivity contribution in [2.75, 3.05) is 38.2 Å². The highest BCUT2D eigenvalue weighted by Gasteiger charge is 2.32. The first-order valence-electron chi connectivity index (χ1n) is 9.52. The SMILES string of the molecule is CCOC(=O)c1cnc2[nH]ccc2c1N(C)[C@@H]1CN(CCC#N)CC[C@@H]1C. The van der Waals surface area contributed by atoms with Gasteiger partial charge in [-0.05, 0) is 31.9 Å². The summed E-state index contributed by atoms with van der Waals surface area (Å²) in [6, 6.07) is 4.43. The van der Waals surface area contributed by atoms with Crippen molar-refractivity contribution < 1.29 is 9.53 Å². The highest BCUT2D eigenvalue weighted by Crippen LogP contribution is 2.33. The van der Waals surface area contributed by atoms with Crippen molar-refractivity contribution in [2.45, 2.75) is 32.7 Å². The van der Waals surface area contributed by atoms with Gasteiger partial charge in [0.15, 0.2) is 0 Å². The van der Waals surface area contributed by atoms with Crippen LogP contribution in [-0.2, 0) is 4.74 Å².